The summed E-state index contributed by atoms with van der Waals surface area (Å²) in [5.41, 5.74) is 2.82. The normalized spacial score (nSPS) is 19.1. The zero-order valence-corrected chi connectivity index (χ0v) is 21.0. The Morgan fingerprint density at radius 3 is 2.65 bits per heavy atom. The van der Waals surface area contributed by atoms with E-state index in [9.17, 15) is 17.6 Å². The molecule has 4 rings (SSSR count). The third-order valence-electron chi connectivity index (χ3n) is 6.23. The molecule has 1 heterocycles. The molecule has 34 heavy (non-hydrogen) atoms. The number of nitrogens with one attached hydrogen (secondary N) is 1. The second-order valence-corrected chi connectivity index (χ2v) is 11.7. The van der Waals surface area contributed by atoms with Crippen LogP contribution in [0.1, 0.15) is 58.6 Å². The molecule has 2 aromatic rings. The van der Waals surface area contributed by atoms with Crippen LogP contribution in [0.15, 0.2) is 30.3 Å². The molecule has 0 aromatic heterocycles. The predicted octanol–water partition coefficient (Wildman–Crippen LogP) is 4.65. The first-order valence-electron chi connectivity index (χ1n) is 11.5. The number of hydrogen-bond donors (Lipinski definition) is 1. The van der Waals surface area contributed by atoms with E-state index >= 15 is 0 Å². The Morgan fingerprint density at radius 1 is 1.21 bits per heavy atom. The fourth-order valence-electron chi connectivity index (χ4n) is 4.61. The topological polar surface area (TPSA) is 75.7 Å². The molecule has 0 unspecified atom stereocenters. The summed E-state index contributed by atoms with van der Waals surface area (Å²) in [6, 6.07) is 8.77. The van der Waals surface area contributed by atoms with Gasteiger partial charge in [-0.1, -0.05) is 17.7 Å². The lowest BCUT2D eigenvalue weighted by atomic mass is 9.98. The molecule has 1 aliphatic carbocycles. The number of carbonyl (C=O) groups is 1. The molecule has 0 spiro atoms. The minimum Gasteiger partial charge on any atom is -0.493 e. The van der Waals surface area contributed by atoms with Gasteiger partial charge in [-0.25, -0.2) is 17.5 Å². The Bertz CT molecular complexity index is 1160. The number of ether oxygens (including phenoxy) is 1. The van der Waals surface area contributed by atoms with Crippen molar-refractivity contribution in [3.8, 4) is 5.75 Å². The highest BCUT2D eigenvalue weighted by Gasteiger charge is 2.30. The molecule has 6 nitrogen and oxygen atoms in total. The highest BCUT2D eigenvalue weighted by molar-refractivity contribution is 7.89. The van der Waals surface area contributed by atoms with E-state index in [2.05, 4.69) is 11.0 Å². The zero-order valence-electron chi connectivity index (χ0n) is 19.4. The SMILES string of the molecule is Cc1cc(Cl)cc(CN2CCC[C@H](COc3cc(F)c(C(=O)NS(C)(=O)=O)cc3C3CC3)C2)c1. The Hall–Kier alpha value is -2.16. The molecule has 1 N–H and O–H groups in total. The highest BCUT2D eigenvalue weighted by Crippen LogP contribution is 2.45. The Labute approximate surface area is 205 Å². The number of carbonyl (C=O) groups excluding carboxylic acids is 1. The van der Waals surface area contributed by atoms with E-state index in [4.69, 9.17) is 16.3 Å². The summed E-state index contributed by atoms with van der Waals surface area (Å²) in [5.74, 6) is -0.806. The summed E-state index contributed by atoms with van der Waals surface area (Å²) < 4.78 is 45.4. The van der Waals surface area contributed by atoms with E-state index < -0.39 is 21.7 Å². The van der Waals surface area contributed by atoms with Crippen molar-refractivity contribution in [3.63, 3.8) is 0 Å². The van der Waals surface area contributed by atoms with Gasteiger partial charge in [-0.2, -0.15) is 0 Å². The lowest BCUT2D eigenvalue weighted by Crippen LogP contribution is -2.37. The molecule has 2 fully saturated rings. The van der Waals surface area contributed by atoms with E-state index in [0.29, 0.717) is 18.3 Å². The summed E-state index contributed by atoms with van der Waals surface area (Å²) >= 11 is 6.21. The lowest BCUT2D eigenvalue weighted by Gasteiger charge is -2.33. The first kappa shape index (κ1) is 24.9. The van der Waals surface area contributed by atoms with Crippen LogP contribution in [0, 0.1) is 18.7 Å². The van der Waals surface area contributed by atoms with E-state index in [1.54, 1.807) is 0 Å². The first-order valence-corrected chi connectivity index (χ1v) is 13.8. The number of amides is 1. The fourth-order valence-corrected chi connectivity index (χ4v) is 5.37. The Balaban J connectivity index is 1.42. The van der Waals surface area contributed by atoms with Crippen LogP contribution in [-0.4, -0.2) is 45.2 Å². The summed E-state index contributed by atoms with van der Waals surface area (Å²) in [4.78, 5) is 14.6. The average molecular weight is 509 g/mol. The van der Waals surface area contributed by atoms with E-state index in [1.165, 1.54) is 17.7 Å². The molecule has 0 radical (unpaired) electrons. The van der Waals surface area contributed by atoms with Crippen molar-refractivity contribution in [1.82, 2.24) is 9.62 Å². The Morgan fingerprint density at radius 2 is 1.97 bits per heavy atom. The maximum atomic E-state index is 14.7. The average Bonchev–Trinajstić information content (AvgIpc) is 3.55. The Kier molecular flexibility index (Phi) is 7.50. The number of benzene rings is 2. The van der Waals surface area contributed by atoms with Crippen LogP contribution < -0.4 is 9.46 Å². The molecule has 1 amide bonds. The smallest absolute Gasteiger partial charge is 0.267 e. The van der Waals surface area contributed by atoms with Crippen molar-refractivity contribution in [1.29, 1.82) is 0 Å². The first-order chi connectivity index (χ1) is 16.1. The molecule has 9 heteroatoms. The number of nitrogens with zero attached hydrogens (tertiary/aromatic N) is 1. The predicted molar refractivity (Wildman–Crippen MR) is 130 cm³/mol. The monoisotopic (exact) mass is 508 g/mol. The van der Waals surface area contributed by atoms with Crippen molar-refractivity contribution in [2.75, 3.05) is 26.0 Å². The third kappa shape index (κ3) is 6.71. The maximum absolute atomic E-state index is 14.7. The lowest BCUT2D eigenvalue weighted by molar-refractivity contribution is 0.0977. The summed E-state index contributed by atoms with van der Waals surface area (Å²) in [6.07, 6.45) is 4.82. The summed E-state index contributed by atoms with van der Waals surface area (Å²) in [7, 11) is -3.78. The van der Waals surface area contributed by atoms with Crippen molar-refractivity contribution in [3.05, 3.63) is 63.4 Å². The molecule has 1 atom stereocenters. The second kappa shape index (κ2) is 10.2. The van der Waals surface area contributed by atoms with Crippen molar-refractivity contribution in [2.24, 2.45) is 5.92 Å². The van der Waals surface area contributed by atoms with Gasteiger partial charge in [-0.15, -0.1) is 0 Å². The van der Waals surface area contributed by atoms with Crippen LogP contribution in [0.2, 0.25) is 5.02 Å². The van der Waals surface area contributed by atoms with Crippen LogP contribution in [0.3, 0.4) is 0 Å². The molecular formula is C25H30ClFN2O4S. The minimum absolute atomic E-state index is 0.203. The van der Waals surface area contributed by atoms with Crippen molar-refractivity contribution >= 4 is 27.5 Å². The van der Waals surface area contributed by atoms with E-state index in [0.717, 1.165) is 67.7 Å². The molecule has 2 aliphatic rings. The van der Waals surface area contributed by atoms with E-state index in [1.807, 2.05) is 23.8 Å². The van der Waals surface area contributed by atoms with Crippen LogP contribution in [0.4, 0.5) is 4.39 Å². The van der Waals surface area contributed by atoms with Gasteiger partial charge >= 0.3 is 0 Å². The molecule has 1 aliphatic heterocycles. The van der Waals surface area contributed by atoms with Crippen LogP contribution >= 0.6 is 11.6 Å². The molecule has 184 valence electrons. The number of rotatable bonds is 8. The molecule has 2 aromatic carbocycles. The largest absolute Gasteiger partial charge is 0.493 e. The minimum atomic E-state index is -3.78. The number of sulfonamides is 1. The maximum Gasteiger partial charge on any atom is 0.267 e. The third-order valence-corrected chi connectivity index (χ3v) is 7.00. The summed E-state index contributed by atoms with van der Waals surface area (Å²) in [5, 5.41) is 0.746. The van der Waals surface area contributed by atoms with Gasteiger partial charge in [0.15, 0.2) is 0 Å². The van der Waals surface area contributed by atoms with Crippen molar-refractivity contribution in [2.45, 2.75) is 45.1 Å². The highest BCUT2D eigenvalue weighted by atomic mass is 35.5. The van der Waals surface area contributed by atoms with Crippen molar-refractivity contribution < 1.29 is 22.3 Å². The van der Waals surface area contributed by atoms with Gasteiger partial charge in [0, 0.05) is 30.1 Å². The number of likely N-dealkylation sites (tertiary alicyclic amines) is 1. The number of halogens is 2. The molecule has 0 bridgehead atoms. The quantitative estimate of drug-likeness (QED) is 0.562. The zero-order chi connectivity index (χ0) is 24.5. The molecule has 1 saturated heterocycles. The molecule has 1 saturated carbocycles. The van der Waals surface area contributed by atoms with Crippen LogP contribution in [0.25, 0.3) is 0 Å². The van der Waals surface area contributed by atoms with Gasteiger partial charge in [-0.05, 0) is 80.0 Å². The van der Waals surface area contributed by atoms with Gasteiger partial charge in [0.25, 0.3) is 5.91 Å². The molecular weight excluding hydrogens is 479 g/mol. The van der Waals surface area contributed by atoms with Crippen LogP contribution in [0.5, 0.6) is 5.75 Å². The van der Waals surface area contributed by atoms with Gasteiger partial charge < -0.3 is 4.74 Å². The van der Waals surface area contributed by atoms with Gasteiger partial charge in [0.05, 0.1) is 18.4 Å². The number of aryl methyl sites for hydroxylation is 1. The van der Waals surface area contributed by atoms with Gasteiger partial charge in [0.1, 0.15) is 11.6 Å². The van der Waals surface area contributed by atoms with Gasteiger partial charge in [0.2, 0.25) is 10.0 Å². The standard InChI is InChI=1S/C25H30ClFN2O4S/c1-16-8-18(10-20(26)9-16)14-29-7-3-4-17(13-29)15-33-24-12-23(27)22(11-21(24)19-5-6-19)25(30)28-34(2,31)32/h8-12,17,19H,3-7,13-15H2,1-2H3,(H,28,30)/t17-/m0/s1. The summed E-state index contributed by atoms with van der Waals surface area (Å²) in [6.45, 7) is 5.20. The fraction of sp³-hybridized carbons (Fsp3) is 0.480. The van der Waals surface area contributed by atoms with Gasteiger partial charge in [-0.3, -0.25) is 9.69 Å². The second-order valence-electron chi connectivity index (χ2n) is 9.54. The van der Waals surface area contributed by atoms with Crippen LogP contribution in [-0.2, 0) is 16.6 Å². The van der Waals surface area contributed by atoms with E-state index in [-0.39, 0.29) is 11.5 Å². The number of hydrogen-bond acceptors (Lipinski definition) is 5. The number of piperidine rings is 1.